The maximum atomic E-state index is 2.50. The van der Waals surface area contributed by atoms with Gasteiger partial charge in [-0.05, 0) is 0 Å². The molecule has 23 heavy (non-hydrogen) atoms. The van der Waals surface area contributed by atoms with Crippen molar-refractivity contribution in [3.05, 3.63) is 42.0 Å². The summed E-state index contributed by atoms with van der Waals surface area (Å²) in [5, 5.41) is 0. The van der Waals surface area contributed by atoms with E-state index < -0.39 is 23.2 Å². The van der Waals surface area contributed by atoms with Crippen LogP contribution in [0.25, 0.3) is 0 Å². The number of halogens is 2. The second kappa shape index (κ2) is 8.70. The van der Waals surface area contributed by atoms with E-state index in [2.05, 4.69) is 24.3 Å². The number of hydrogen-bond donors (Lipinski definition) is 0. The number of rotatable bonds is 4. The first-order chi connectivity index (χ1) is 10.4. The minimum atomic E-state index is -0.486. The van der Waals surface area contributed by atoms with Gasteiger partial charge in [0, 0.05) is 0 Å². The summed E-state index contributed by atoms with van der Waals surface area (Å²) >= 11 is -0.486. The zero-order valence-corrected chi connectivity index (χ0v) is 16.2. The largest absolute Gasteiger partial charge is 1.00 e. The molecular weight excluding hydrogens is 369 g/mol. The zero-order valence-electron chi connectivity index (χ0n) is 13.8. The fraction of sp³-hybridized carbons (Fsp3) is 0.600. The molecule has 0 saturated heterocycles. The Morgan fingerprint density at radius 2 is 1.04 bits per heavy atom. The van der Waals surface area contributed by atoms with Crippen molar-refractivity contribution in [1.29, 1.82) is 0 Å². The number of hydrogen-bond acceptors (Lipinski definition) is 0. The van der Waals surface area contributed by atoms with E-state index in [1.807, 2.05) is 17.7 Å². The van der Waals surface area contributed by atoms with Gasteiger partial charge in [0.25, 0.3) is 0 Å². The molecular formula is C20H26F2Zr. The quantitative estimate of drug-likeness (QED) is 0.623. The van der Waals surface area contributed by atoms with E-state index in [9.17, 15) is 0 Å². The van der Waals surface area contributed by atoms with Crippen molar-refractivity contribution in [3.63, 3.8) is 0 Å². The molecule has 0 amide bonds. The third kappa shape index (κ3) is 4.03. The molecule has 0 aromatic carbocycles. The van der Waals surface area contributed by atoms with Crippen molar-refractivity contribution in [3.8, 4) is 0 Å². The van der Waals surface area contributed by atoms with Crippen molar-refractivity contribution >= 4 is 0 Å². The monoisotopic (exact) mass is 394 g/mol. The second-order valence-electron chi connectivity index (χ2n) is 7.17. The van der Waals surface area contributed by atoms with E-state index in [1.54, 1.807) is 0 Å². The van der Waals surface area contributed by atoms with Crippen LogP contribution < -0.4 is 9.41 Å². The third-order valence-electron chi connectivity index (χ3n) is 5.83. The van der Waals surface area contributed by atoms with Crippen LogP contribution in [0.5, 0.6) is 0 Å². The topological polar surface area (TPSA) is 0 Å². The first-order valence-corrected chi connectivity index (χ1v) is 11.4. The van der Waals surface area contributed by atoms with Crippen LogP contribution in [0.4, 0.5) is 0 Å². The zero-order chi connectivity index (χ0) is 14.1. The van der Waals surface area contributed by atoms with Crippen LogP contribution in [0.2, 0.25) is 0 Å². The summed E-state index contributed by atoms with van der Waals surface area (Å²) in [6, 6.07) is 0. The Morgan fingerprint density at radius 3 is 1.43 bits per heavy atom. The molecule has 4 aliphatic rings. The van der Waals surface area contributed by atoms with Crippen molar-refractivity contribution in [2.24, 2.45) is 11.8 Å². The molecule has 4 rings (SSSR count). The van der Waals surface area contributed by atoms with Crippen LogP contribution in [0.3, 0.4) is 0 Å². The van der Waals surface area contributed by atoms with E-state index in [0.717, 1.165) is 11.8 Å². The SMILES string of the molecule is C1=CC(C2CCCC2)=[C]([Zr+2][C]2=C(C3CCCC3)C=CC2)C1.[F-].[F-]. The van der Waals surface area contributed by atoms with Gasteiger partial charge >= 0.3 is 141 Å². The van der Waals surface area contributed by atoms with E-state index in [4.69, 9.17) is 0 Å². The van der Waals surface area contributed by atoms with Crippen LogP contribution >= 0.6 is 0 Å². The Hall–Kier alpha value is -0.297. The summed E-state index contributed by atoms with van der Waals surface area (Å²) in [7, 11) is 0. The minimum Gasteiger partial charge on any atom is -1.00 e. The Bertz CT molecular complexity index is 482. The Labute approximate surface area is 150 Å². The molecule has 0 aliphatic heterocycles. The Kier molecular flexibility index (Phi) is 7.20. The fourth-order valence-corrected chi connectivity index (χ4v) is 8.81. The molecule has 0 aromatic heterocycles. The molecule has 0 unspecified atom stereocenters. The second-order valence-corrected chi connectivity index (χ2v) is 10.8. The van der Waals surface area contributed by atoms with Crippen LogP contribution in [0, 0.1) is 11.8 Å². The molecule has 0 nitrogen and oxygen atoms in total. The average molecular weight is 396 g/mol. The van der Waals surface area contributed by atoms with E-state index in [-0.39, 0.29) is 9.41 Å². The van der Waals surface area contributed by atoms with Crippen LogP contribution in [-0.2, 0) is 23.2 Å². The standard InChI is InChI=1S/2C10H13.2FH.Zr/c2*1-2-6-9(5-1)10-7-3-4-8-10;;;/h2*1,5,10H,2-4,7-8H2;2*1H;/q;;;;+2/p-2. The van der Waals surface area contributed by atoms with E-state index in [1.165, 1.54) is 64.2 Å². The van der Waals surface area contributed by atoms with Gasteiger partial charge in [-0.3, -0.25) is 0 Å². The van der Waals surface area contributed by atoms with Crippen molar-refractivity contribution < 1.29 is 32.6 Å². The molecule has 2 saturated carbocycles. The van der Waals surface area contributed by atoms with Gasteiger partial charge in [-0.15, -0.1) is 0 Å². The third-order valence-corrected chi connectivity index (χ3v) is 9.73. The van der Waals surface area contributed by atoms with Gasteiger partial charge in [-0.25, -0.2) is 0 Å². The predicted octanol–water partition coefficient (Wildman–Crippen LogP) is -0.115. The van der Waals surface area contributed by atoms with Gasteiger partial charge in [0.15, 0.2) is 0 Å². The predicted molar refractivity (Wildman–Crippen MR) is 85.5 cm³/mol. The first kappa shape index (κ1) is 19.0. The van der Waals surface area contributed by atoms with E-state index >= 15 is 0 Å². The maximum absolute atomic E-state index is 2.50. The summed E-state index contributed by atoms with van der Waals surface area (Å²) in [6.45, 7) is 0. The molecule has 0 radical (unpaired) electrons. The van der Waals surface area contributed by atoms with Gasteiger partial charge in [-0.1, -0.05) is 0 Å². The summed E-state index contributed by atoms with van der Waals surface area (Å²) in [4.78, 5) is 0. The van der Waals surface area contributed by atoms with Gasteiger partial charge in [0.05, 0.1) is 0 Å². The Morgan fingerprint density at radius 1 is 0.652 bits per heavy atom. The van der Waals surface area contributed by atoms with Crippen molar-refractivity contribution in [1.82, 2.24) is 0 Å². The van der Waals surface area contributed by atoms with Gasteiger partial charge in [-0.2, -0.15) is 0 Å². The van der Waals surface area contributed by atoms with Crippen molar-refractivity contribution in [2.75, 3.05) is 0 Å². The number of allylic oxidation sites excluding steroid dienone is 8. The van der Waals surface area contributed by atoms with Crippen LogP contribution in [0.15, 0.2) is 42.0 Å². The summed E-state index contributed by atoms with van der Waals surface area (Å²) < 4.78 is 3.86. The van der Waals surface area contributed by atoms with Gasteiger partial charge < -0.3 is 9.41 Å². The summed E-state index contributed by atoms with van der Waals surface area (Å²) in [6.07, 6.45) is 24.3. The normalized spacial score (nSPS) is 24.3. The average Bonchev–Trinajstić information content (AvgIpc) is 3.28. The summed E-state index contributed by atoms with van der Waals surface area (Å²) in [5.74, 6) is 1.87. The molecule has 0 spiro atoms. The molecule has 2 fully saturated rings. The molecule has 0 heterocycles. The molecule has 0 aromatic rings. The molecule has 0 atom stereocenters. The molecule has 3 heteroatoms. The molecule has 124 valence electrons. The van der Waals surface area contributed by atoms with Gasteiger partial charge in [0.1, 0.15) is 0 Å². The molecule has 0 N–H and O–H groups in total. The van der Waals surface area contributed by atoms with Crippen LogP contribution in [-0.4, -0.2) is 0 Å². The summed E-state index contributed by atoms with van der Waals surface area (Å²) in [5.41, 5.74) is 3.62. The van der Waals surface area contributed by atoms with Crippen molar-refractivity contribution in [2.45, 2.75) is 64.2 Å². The molecule has 0 bridgehead atoms. The van der Waals surface area contributed by atoms with E-state index in [0.29, 0.717) is 0 Å². The molecule has 4 aliphatic carbocycles. The Balaban J connectivity index is 0.000000960. The minimum absolute atomic E-state index is 0. The first-order valence-electron chi connectivity index (χ1n) is 8.98. The van der Waals surface area contributed by atoms with Crippen LogP contribution in [0.1, 0.15) is 64.2 Å². The fourth-order valence-electron chi connectivity index (χ4n) is 4.71. The van der Waals surface area contributed by atoms with Gasteiger partial charge in [0.2, 0.25) is 0 Å². The smallest absolute Gasteiger partial charge is 1.00 e. The maximum Gasteiger partial charge on any atom is -1.00 e.